The minimum atomic E-state index is -0.884. The highest BCUT2D eigenvalue weighted by Crippen LogP contribution is 2.35. The first kappa shape index (κ1) is 18.9. The van der Waals surface area contributed by atoms with Crippen molar-refractivity contribution in [2.24, 2.45) is 0 Å². The lowest BCUT2D eigenvalue weighted by atomic mass is 10.1. The van der Waals surface area contributed by atoms with Gasteiger partial charge in [0.05, 0.1) is 21.7 Å². The third-order valence-corrected chi connectivity index (χ3v) is 4.04. The van der Waals surface area contributed by atoms with E-state index in [1.807, 2.05) is 6.07 Å². The fourth-order valence-corrected chi connectivity index (χ4v) is 2.93. The smallest absolute Gasteiger partial charge is 0.303 e. The molecule has 130 valence electrons. The zero-order valence-corrected chi connectivity index (χ0v) is 15.0. The first-order valence-electron chi connectivity index (χ1n) is 7.47. The molecule has 0 aliphatic rings. The predicted octanol–water partition coefficient (Wildman–Crippen LogP) is 4.50. The van der Waals surface area contributed by atoms with Crippen LogP contribution in [0.2, 0.25) is 10.0 Å². The fraction of sp³-hybridized carbons (Fsp3) is 0.222. The van der Waals surface area contributed by atoms with Gasteiger partial charge in [-0.25, -0.2) is 0 Å². The van der Waals surface area contributed by atoms with Crippen molar-refractivity contribution in [3.8, 4) is 11.8 Å². The second kappa shape index (κ2) is 8.61. The highest BCUT2D eigenvalue weighted by atomic mass is 35.5. The van der Waals surface area contributed by atoms with Gasteiger partial charge in [-0.05, 0) is 47.9 Å². The lowest BCUT2D eigenvalue weighted by Crippen LogP contribution is -2.01. The van der Waals surface area contributed by atoms with E-state index in [1.165, 1.54) is 0 Å². The van der Waals surface area contributed by atoms with Crippen LogP contribution in [0.5, 0.6) is 5.75 Å². The Morgan fingerprint density at radius 1 is 1.20 bits per heavy atom. The zero-order valence-electron chi connectivity index (χ0n) is 13.5. The number of carboxylic acids is 1. The molecule has 0 aliphatic carbocycles. The van der Waals surface area contributed by atoms with E-state index in [0.29, 0.717) is 27.8 Å². The molecule has 5 nitrogen and oxygen atoms in total. The van der Waals surface area contributed by atoms with Crippen LogP contribution in [-0.2, 0) is 17.8 Å². The molecule has 2 aromatic carbocycles. The van der Waals surface area contributed by atoms with Gasteiger partial charge in [0.1, 0.15) is 6.61 Å². The van der Waals surface area contributed by atoms with Crippen molar-refractivity contribution in [3.05, 3.63) is 57.1 Å². The van der Waals surface area contributed by atoms with E-state index in [0.717, 1.165) is 16.8 Å². The Balaban J connectivity index is 2.16. The average molecular weight is 379 g/mol. The molecular formula is C18H16Cl2N2O3. The molecule has 0 aromatic heterocycles. The molecule has 0 spiro atoms. The van der Waals surface area contributed by atoms with E-state index in [9.17, 15) is 4.79 Å². The van der Waals surface area contributed by atoms with Gasteiger partial charge in [-0.2, -0.15) is 5.26 Å². The van der Waals surface area contributed by atoms with Crippen molar-refractivity contribution in [2.45, 2.75) is 19.4 Å². The van der Waals surface area contributed by atoms with E-state index < -0.39 is 5.97 Å². The molecule has 2 aromatic rings. The number of benzene rings is 2. The van der Waals surface area contributed by atoms with E-state index >= 15 is 0 Å². The molecule has 0 fully saturated rings. The SMILES string of the molecule is CNc1cc(C#N)cc(COc2c(Cl)cc(CCC(=O)O)cc2Cl)c1. The Hall–Kier alpha value is -2.42. The number of rotatable bonds is 7. The number of hydrogen-bond donors (Lipinski definition) is 2. The number of ether oxygens (including phenoxy) is 1. The van der Waals surface area contributed by atoms with Crippen LogP contribution < -0.4 is 10.1 Å². The molecule has 0 saturated heterocycles. The number of carbonyl (C=O) groups is 1. The van der Waals surface area contributed by atoms with Crippen LogP contribution in [0.4, 0.5) is 5.69 Å². The average Bonchev–Trinajstić information content (AvgIpc) is 2.58. The van der Waals surface area contributed by atoms with Gasteiger partial charge in [-0.15, -0.1) is 0 Å². The summed E-state index contributed by atoms with van der Waals surface area (Å²) in [7, 11) is 1.77. The number of aryl methyl sites for hydroxylation is 1. The molecule has 7 heteroatoms. The number of anilines is 1. The van der Waals surface area contributed by atoms with Crippen LogP contribution in [-0.4, -0.2) is 18.1 Å². The largest absolute Gasteiger partial charge is 0.486 e. The highest BCUT2D eigenvalue weighted by molar-refractivity contribution is 6.37. The van der Waals surface area contributed by atoms with Crippen molar-refractivity contribution < 1.29 is 14.6 Å². The summed E-state index contributed by atoms with van der Waals surface area (Å²) in [6.45, 7) is 0.193. The van der Waals surface area contributed by atoms with E-state index in [4.69, 9.17) is 38.3 Å². The summed E-state index contributed by atoms with van der Waals surface area (Å²) in [5.74, 6) is -0.555. The van der Waals surface area contributed by atoms with Gasteiger partial charge < -0.3 is 15.2 Å². The molecule has 0 aliphatic heterocycles. The Bertz CT molecular complexity index is 809. The zero-order chi connectivity index (χ0) is 18.4. The van der Waals surface area contributed by atoms with Crippen LogP contribution in [0, 0.1) is 11.3 Å². The number of nitriles is 1. The van der Waals surface area contributed by atoms with Crippen LogP contribution in [0.1, 0.15) is 23.1 Å². The van der Waals surface area contributed by atoms with Gasteiger partial charge >= 0.3 is 5.97 Å². The van der Waals surface area contributed by atoms with Gasteiger partial charge in [0.2, 0.25) is 0 Å². The minimum absolute atomic E-state index is 0.000603. The monoisotopic (exact) mass is 378 g/mol. The van der Waals surface area contributed by atoms with Crippen molar-refractivity contribution >= 4 is 34.9 Å². The van der Waals surface area contributed by atoms with Crippen LogP contribution in [0.3, 0.4) is 0 Å². The molecule has 2 N–H and O–H groups in total. The molecular weight excluding hydrogens is 363 g/mol. The first-order chi connectivity index (χ1) is 11.9. The lowest BCUT2D eigenvalue weighted by molar-refractivity contribution is -0.136. The van der Waals surface area contributed by atoms with Crippen LogP contribution in [0.15, 0.2) is 30.3 Å². The van der Waals surface area contributed by atoms with Gasteiger partial charge in [-0.3, -0.25) is 4.79 Å². The van der Waals surface area contributed by atoms with Crippen molar-refractivity contribution in [2.75, 3.05) is 12.4 Å². The summed E-state index contributed by atoms with van der Waals surface area (Å²) < 4.78 is 5.72. The van der Waals surface area contributed by atoms with Crippen molar-refractivity contribution in [3.63, 3.8) is 0 Å². The Labute approximate surface area is 155 Å². The number of nitrogens with zero attached hydrogens (tertiary/aromatic N) is 1. The van der Waals surface area contributed by atoms with Gasteiger partial charge in [0.15, 0.2) is 5.75 Å². The van der Waals surface area contributed by atoms with Gasteiger partial charge in [-0.1, -0.05) is 23.2 Å². The van der Waals surface area contributed by atoms with Crippen molar-refractivity contribution in [1.29, 1.82) is 5.26 Å². The third-order valence-electron chi connectivity index (χ3n) is 3.48. The second-order valence-electron chi connectivity index (χ2n) is 5.35. The maximum absolute atomic E-state index is 10.7. The lowest BCUT2D eigenvalue weighted by Gasteiger charge is -2.13. The summed E-state index contributed by atoms with van der Waals surface area (Å²) in [5.41, 5.74) is 2.85. The number of carboxylic acid groups (broad SMARTS) is 1. The maximum Gasteiger partial charge on any atom is 0.303 e. The van der Waals surface area contributed by atoms with Gasteiger partial charge in [0, 0.05) is 19.2 Å². The second-order valence-corrected chi connectivity index (χ2v) is 6.17. The number of hydrogen-bond acceptors (Lipinski definition) is 4. The summed E-state index contributed by atoms with van der Waals surface area (Å²) >= 11 is 12.4. The molecule has 0 heterocycles. The van der Waals surface area contributed by atoms with Crippen LogP contribution >= 0.6 is 23.2 Å². The van der Waals surface area contributed by atoms with Crippen molar-refractivity contribution in [1.82, 2.24) is 0 Å². The number of nitrogens with one attached hydrogen (secondary N) is 1. The molecule has 0 atom stereocenters. The Morgan fingerprint density at radius 3 is 2.44 bits per heavy atom. The summed E-state index contributed by atoms with van der Waals surface area (Å²) in [5, 5.41) is 21.4. The molecule has 0 unspecified atom stereocenters. The van der Waals surface area contributed by atoms with Crippen LogP contribution in [0.25, 0.3) is 0 Å². The molecule has 0 bridgehead atoms. The predicted molar refractivity (Wildman–Crippen MR) is 97.5 cm³/mol. The molecule has 0 amide bonds. The van der Waals surface area contributed by atoms with E-state index in [2.05, 4.69) is 11.4 Å². The quantitative estimate of drug-likeness (QED) is 0.740. The van der Waals surface area contributed by atoms with Gasteiger partial charge in [0.25, 0.3) is 0 Å². The van der Waals surface area contributed by atoms with E-state index in [1.54, 1.807) is 31.3 Å². The summed E-state index contributed by atoms with van der Waals surface area (Å²) in [4.78, 5) is 10.7. The third kappa shape index (κ3) is 5.28. The standard InChI is InChI=1S/C18H16Cl2N2O3/c1-22-14-5-12(9-21)4-13(6-14)10-25-18-15(19)7-11(8-16(18)20)2-3-17(23)24/h4-8,22H,2-3,10H2,1H3,(H,23,24). The fourth-order valence-electron chi connectivity index (χ4n) is 2.29. The summed E-state index contributed by atoms with van der Waals surface area (Å²) in [6, 6.07) is 10.7. The highest BCUT2D eigenvalue weighted by Gasteiger charge is 2.11. The maximum atomic E-state index is 10.7. The topological polar surface area (TPSA) is 82.3 Å². The normalized spacial score (nSPS) is 10.2. The first-order valence-corrected chi connectivity index (χ1v) is 8.23. The van der Waals surface area contributed by atoms with E-state index in [-0.39, 0.29) is 13.0 Å². The molecule has 25 heavy (non-hydrogen) atoms. The molecule has 0 saturated carbocycles. The number of aliphatic carboxylic acids is 1. The Kier molecular flexibility index (Phi) is 6.51. The summed E-state index contributed by atoms with van der Waals surface area (Å²) in [6.07, 6.45) is 0.339. The minimum Gasteiger partial charge on any atom is -0.486 e. The Morgan fingerprint density at radius 2 is 1.88 bits per heavy atom. The number of halogens is 2. The molecule has 2 rings (SSSR count). The molecule has 0 radical (unpaired) electrons.